The molecular formula is C2H13N9O2P2. The summed E-state index contributed by atoms with van der Waals surface area (Å²) in [6.07, 6.45) is -1.23. The second-order valence-electron chi connectivity index (χ2n) is 2.86. The molecular weight excluding hydrogens is 244 g/mol. The molecule has 1 unspecified atom stereocenters. The molecule has 15 heavy (non-hydrogen) atoms. The Bertz CT molecular complexity index is 380. The Morgan fingerprint density at radius 1 is 1.13 bits per heavy atom. The minimum Gasteiger partial charge on any atom is -0.368 e. The zero-order valence-electron chi connectivity index (χ0n) is 7.59. The SMILES string of the molecule is NC1=NC(N)N(P(N)(N)=O)N1P(N)(N)=O. The third kappa shape index (κ3) is 2.36. The van der Waals surface area contributed by atoms with Gasteiger partial charge in [0, 0.05) is 0 Å². The van der Waals surface area contributed by atoms with Crippen molar-refractivity contribution in [3.63, 3.8) is 0 Å². The first kappa shape index (κ1) is 12.6. The third-order valence-electron chi connectivity index (χ3n) is 1.52. The predicted octanol–water partition coefficient (Wildman–Crippen LogP) is -2.87. The Balaban J connectivity index is 3.19. The van der Waals surface area contributed by atoms with E-state index < -0.39 is 21.5 Å². The van der Waals surface area contributed by atoms with E-state index >= 15 is 0 Å². The van der Waals surface area contributed by atoms with Crippen LogP contribution in [0, 0.1) is 0 Å². The maximum Gasteiger partial charge on any atom is 0.317 e. The first-order chi connectivity index (χ1) is 6.55. The fourth-order valence-corrected chi connectivity index (χ4v) is 3.37. The second kappa shape index (κ2) is 3.51. The fourth-order valence-electron chi connectivity index (χ4n) is 1.08. The average Bonchev–Trinajstić information content (AvgIpc) is 2.22. The summed E-state index contributed by atoms with van der Waals surface area (Å²) >= 11 is 0. The van der Waals surface area contributed by atoms with E-state index in [2.05, 4.69) is 4.99 Å². The molecule has 1 atom stereocenters. The Morgan fingerprint density at radius 2 is 1.60 bits per heavy atom. The van der Waals surface area contributed by atoms with E-state index in [0.29, 0.717) is 9.56 Å². The van der Waals surface area contributed by atoms with E-state index in [9.17, 15) is 9.13 Å². The number of hydrogen-bond acceptors (Lipinski definition) is 5. The van der Waals surface area contributed by atoms with E-state index in [4.69, 9.17) is 33.5 Å². The molecule has 1 heterocycles. The summed E-state index contributed by atoms with van der Waals surface area (Å²) in [4.78, 5) is 3.54. The van der Waals surface area contributed by atoms with E-state index in [1.807, 2.05) is 0 Å². The zero-order chi connectivity index (χ0) is 12.0. The number of guanidine groups is 1. The summed E-state index contributed by atoms with van der Waals surface area (Å²) in [6, 6.07) is 0. The molecule has 13 heteroatoms. The van der Waals surface area contributed by atoms with Gasteiger partial charge in [-0.25, -0.2) is 4.99 Å². The van der Waals surface area contributed by atoms with Gasteiger partial charge >= 0.3 is 7.59 Å². The monoisotopic (exact) mass is 257 g/mol. The largest absolute Gasteiger partial charge is 0.368 e. The van der Waals surface area contributed by atoms with Crippen molar-refractivity contribution in [2.45, 2.75) is 6.29 Å². The van der Waals surface area contributed by atoms with Gasteiger partial charge in [0.05, 0.1) is 0 Å². The van der Waals surface area contributed by atoms with Crippen LogP contribution in [0.25, 0.3) is 0 Å². The third-order valence-corrected chi connectivity index (χ3v) is 3.70. The molecule has 12 N–H and O–H groups in total. The zero-order valence-corrected chi connectivity index (χ0v) is 9.38. The van der Waals surface area contributed by atoms with Gasteiger partial charge < -0.3 is 5.73 Å². The summed E-state index contributed by atoms with van der Waals surface area (Å²) in [7, 11) is -7.72. The predicted molar refractivity (Wildman–Crippen MR) is 55.2 cm³/mol. The van der Waals surface area contributed by atoms with Crippen LogP contribution in [0.2, 0.25) is 0 Å². The van der Waals surface area contributed by atoms with E-state index in [1.54, 1.807) is 0 Å². The van der Waals surface area contributed by atoms with Crippen molar-refractivity contribution in [1.29, 1.82) is 0 Å². The van der Waals surface area contributed by atoms with Gasteiger partial charge in [0.1, 0.15) is 0 Å². The molecule has 0 amide bonds. The number of rotatable bonds is 2. The van der Waals surface area contributed by atoms with Gasteiger partial charge in [-0.1, -0.05) is 4.78 Å². The quantitative estimate of drug-likeness (QED) is 0.278. The lowest BCUT2D eigenvalue weighted by molar-refractivity contribution is 0.211. The molecule has 0 bridgehead atoms. The van der Waals surface area contributed by atoms with Crippen molar-refractivity contribution in [2.75, 3.05) is 0 Å². The molecule has 11 nitrogen and oxygen atoms in total. The highest BCUT2D eigenvalue weighted by Crippen LogP contribution is 2.47. The smallest absolute Gasteiger partial charge is 0.317 e. The van der Waals surface area contributed by atoms with Crippen LogP contribution in [-0.4, -0.2) is 21.8 Å². The van der Waals surface area contributed by atoms with Crippen molar-refractivity contribution in [3.05, 3.63) is 0 Å². The van der Waals surface area contributed by atoms with Gasteiger partial charge in [0.25, 0.3) is 7.59 Å². The lowest BCUT2D eigenvalue weighted by Crippen LogP contribution is -2.51. The Labute approximate surface area is 85.4 Å². The minimum atomic E-state index is -3.87. The normalized spacial score (nSPS) is 24.5. The maximum absolute atomic E-state index is 11.4. The van der Waals surface area contributed by atoms with Gasteiger partial charge in [-0.3, -0.25) is 36.9 Å². The Morgan fingerprint density at radius 3 is 1.87 bits per heavy atom. The molecule has 0 fully saturated rings. The maximum atomic E-state index is 11.4. The van der Waals surface area contributed by atoms with Crippen LogP contribution in [-0.2, 0) is 9.13 Å². The van der Waals surface area contributed by atoms with E-state index in [0.717, 1.165) is 0 Å². The van der Waals surface area contributed by atoms with Crippen LogP contribution in [0.4, 0.5) is 0 Å². The number of hydrazine groups is 1. The Kier molecular flexibility index (Phi) is 2.94. The van der Waals surface area contributed by atoms with Crippen molar-refractivity contribution < 1.29 is 9.13 Å². The van der Waals surface area contributed by atoms with Crippen LogP contribution < -0.4 is 33.5 Å². The number of nitrogens with two attached hydrogens (primary N) is 6. The van der Waals surface area contributed by atoms with Gasteiger partial charge in [-0.05, 0) is 0 Å². The van der Waals surface area contributed by atoms with Crippen LogP contribution in [0.3, 0.4) is 0 Å². The van der Waals surface area contributed by atoms with Gasteiger partial charge in [0.2, 0.25) is 5.96 Å². The van der Waals surface area contributed by atoms with E-state index in [1.165, 1.54) is 0 Å². The van der Waals surface area contributed by atoms with E-state index in [-0.39, 0.29) is 5.96 Å². The molecule has 1 rings (SSSR count). The number of nitrogens with zero attached hydrogens (tertiary/aromatic N) is 3. The standard InChI is InChI=1S/C2H13N9O2P2/c3-1-9-2(4)11(15(7,8)13)10(1)14(5,6)12/h1H,3H2,(H2,4,9)(H4,5,6,12)(H4,7,8,13). The van der Waals surface area contributed by atoms with Gasteiger partial charge in [-0.2, -0.15) is 4.78 Å². The lowest BCUT2D eigenvalue weighted by Gasteiger charge is -2.33. The highest BCUT2D eigenvalue weighted by molar-refractivity contribution is 7.60. The number of aliphatic imine (C=N–C) groups is 1. The average molecular weight is 257 g/mol. The molecule has 0 spiro atoms. The summed E-state index contributed by atoms with van der Waals surface area (Å²) < 4.78 is 24.0. The molecule has 0 radical (unpaired) electrons. The molecule has 0 saturated carbocycles. The molecule has 0 aromatic heterocycles. The Hall–Kier alpha value is -0.510. The van der Waals surface area contributed by atoms with Crippen LogP contribution >= 0.6 is 15.2 Å². The minimum absolute atomic E-state index is 0.355. The van der Waals surface area contributed by atoms with Crippen molar-refractivity contribution >= 4 is 21.1 Å². The van der Waals surface area contributed by atoms with Crippen LogP contribution in [0.1, 0.15) is 0 Å². The molecule has 1 aliphatic heterocycles. The first-order valence-corrected chi connectivity index (χ1v) is 7.18. The molecule has 0 saturated heterocycles. The highest BCUT2D eigenvalue weighted by atomic mass is 31.2. The second-order valence-corrected chi connectivity index (χ2v) is 6.33. The molecule has 0 aromatic rings. The lowest BCUT2D eigenvalue weighted by atomic mass is 10.9. The summed E-state index contributed by atoms with van der Waals surface area (Å²) in [5.74, 6) is -0.355. The molecule has 1 aliphatic rings. The van der Waals surface area contributed by atoms with Gasteiger partial charge in [0.15, 0.2) is 6.29 Å². The van der Waals surface area contributed by atoms with Crippen molar-refractivity contribution in [1.82, 2.24) is 9.56 Å². The van der Waals surface area contributed by atoms with Crippen molar-refractivity contribution in [3.8, 4) is 0 Å². The molecule has 0 aromatic carbocycles. The number of hydrogen-bond donors (Lipinski definition) is 6. The fraction of sp³-hybridized carbons (Fsp3) is 0.500. The van der Waals surface area contributed by atoms with Crippen molar-refractivity contribution in [2.24, 2.45) is 38.5 Å². The summed E-state index contributed by atoms with van der Waals surface area (Å²) in [5, 5.41) is 0. The van der Waals surface area contributed by atoms with Crippen LogP contribution in [0.5, 0.6) is 0 Å². The summed E-state index contributed by atoms with van der Waals surface area (Å²) in [5.41, 5.74) is 31.3. The summed E-state index contributed by atoms with van der Waals surface area (Å²) in [6.45, 7) is 0. The molecule has 0 aliphatic carbocycles. The first-order valence-electron chi connectivity index (χ1n) is 3.58. The molecule has 88 valence electrons. The van der Waals surface area contributed by atoms with Gasteiger partial charge in [-0.15, -0.1) is 0 Å². The van der Waals surface area contributed by atoms with Crippen LogP contribution in [0.15, 0.2) is 4.99 Å². The highest BCUT2D eigenvalue weighted by Gasteiger charge is 2.45. The topological polar surface area (TPSA) is 209 Å².